The van der Waals surface area contributed by atoms with E-state index in [9.17, 15) is 9.18 Å². The van der Waals surface area contributed by atoms with Gasteiger partial charge in [-0.15, -0.1) is 0 Å². The fourth-order valence-corrected chi connectivity index (χ4v) is 2.02. The van der Waals surface area contributed by atoms with Gasteiger partial charge in [-0.3, -0.25) is 0 Å². The molecule has 1 aliphatic rings. The van der Waals surface area contributed by atoms with Crippen LogP contribution in [-0.4, -0.2) is 32.5 Å². The molecule has 0 bridgehead atoms. The summed E-state index contributed by atoms with van der Waals surface area (Å²) in [7, 11) is 0. The van der Waals surface area contributed by atoms with E-state index in [2.05, 4.69) is 10.2 Å². The quantitative estimate of drug-likeness (QED) is 0.774. The number of carbonyl (C=O) groups is 1. The highest BCUT2D eigenvalue weighted by molar-refractivity contribution is 5.64. The van der Waals surface area contributed by atoms with Crippen LogP contribution in [0, 0.1) is 5.82 Å². The predicted octanol–water partition coefficient (Wildman–Crippen LogP) is 0.977. The first-order valence-corrected chi connectivity index (χ1v) is 5.49. The number of aldehydes is 1. The number of halogens is 1. The Morgan fingerprint density at radius 1 is 1.38 bits per heavy atom. The highest BCUT2D eigenvalue weighted by atomic mass is 19.1. The van der Waals surface area contributed by atoms with E-state index in [0.717, 1.165) is 43.7 Å². The molecule has 1 aromatic carbocycles. The molecule has 1 aromatic rings. The average molecular weight is 222 g/mol. The molecule has 2 rings (SSSR count). The van der Waals surface area contributed by atoms with Crippen molar-refractivity contribution in [3.05, 3.63) is 29.6 Å². The fraction of sp³-hybridized carbons (Fsp3) is 0.417. The lowest BCUT2D eigenvalue weighted by molar-refractivity contribution is -0.107. The van der Waals surface area contributed by atoms with Crippen LogP contribution in [0.15, 0.2) is 18.2 Å². The SMILES string of the molecule is O=CCc1cc(F)ccc1N1CCNCC1. The largest absolute Gasteiger partial charge is 0.369 e. The van der Waals surface area contributed by atoms with Gasteiger partial charge in [-0.1, -0.05) is 0 Å². The number of nitrogens with one attached hydrogen (secondary N) is 1. The van der Waals surface area contributed by atoms with Crippen LogP contribution in [0.5, 0.6) is 0 Å². The Hall–Kier alpha value is -1.42. The highest BCUT2D eigenvalue weighted by Crippen LogP contribution is 2.22. The zero-order chi connectivity index (χ0) is 11.4. The Morgan fingerprint density at radius 3 is 2.81 bits per heavy atom. The Balaban J connectivity index is 2.26. The van der Waals surface area contributed by atoms with Gasteiger partial charge in [0.1, 0.15) is 12.1 Å². The number of benzene rings is 1. The Morgan fingerprint density at radius 2 is 2.12 bits per heavy atom. The summed E-state index contributed by atoms with van der Waals surface area (Å²) < 4.78 is 13.1. The molecule has 0 aromatic heterocycles. The molecule has 86 valence electrons. The van der Waals surface area contributed by atoms with Crippen molar-refractivity contribution in [2.45, 2.75) is 6.42 Å². The van der Waals surface area contributed by atoms with Crippen molar-refractivity contribution in [2.24, 2.45) is 0 Å². The molecule has 1 heterocycles. The number of hydrogen-bond donors (Lipinski definition) is 1. The van der Waals surface area contributed by atoms with E-state index < -0.39 is 0 Å². The maximum atomic E-state index is 13.1. The van der Waals surface area contributed by atoms with E-state index in [1.807, 2.05) is 0 Å². The van der Waals surface area contributed by atoms with Gasteiger partial charge in [-0.05, 0) is 23.8 Å². The number of hydrogen-bond acceptors (Lipinski definition) is 3. The van der Waals surface area contributed by atoms with Crippen molar-refractivity contribution in [3.63, 3.8) is 0 Å². The second kappa shape index (κ2) is 5.07. The van der Waals surface area contributed by atoms with E-state index in [1.165, 1.54) is 12.1 Å². The van der Waals surface area contributed by atoms with Gasteiger partial charge < -0.3 is 15.0 Å². The van der Waals surface area contributed by atoms with E-state index in [0.29, 0.717) is 0 Å². The van der Waals surface area contributed by atoms with Gasteiger partial charge in [-0.25, -0.2) is 4.39 Å². The van der Waals surface area contributed by atoms with E-state index >= 15 is 0 Å². The fourth-order valence-electron chi connectivity index (χ4n) is 2.02. The van der Waals surface area contributed by atoms with Gasteiger partial charge >= 0.3 is 0 Å². The maximum absolute atomic E-state index is 13.1. The molecular weight excluding hydrogens is 207 g/mol. The third-order valence-electron chi connectivity index (χ3n) is 2.80. The Kier molecular flexibility index (Phi) is 3.51. The van der Waals surface area contributed by atoms with Crippen LogP contribution in [0.25, 0.3) is 0 Å². The first kappa shape index (κ1) is 11.1. The van der Waals surface area contributed by atoms with Gasteiger partial charge in [0.05, 0.1) is 0 Å². The van der Waals surface area contributed by atoms with Gasteiger partial charge in [-0.2, -0.15) is 0 Å². The standard InChI is InChI=1S/C12H15FN2O/c13-11-1-2-12(10(9-11)3-8-16)15-6-4-14-5-7-15/h1-2,8-9,14H,3-7H2. The molecule has 0 spiro atoms. The van der Waals surface area contributed by atoms with Crippen molar-refractivity contribution in [2.75, 3.05) is 31.1 Å². The molecular formula is C12H15FN2O. The Bertz CT molecular complexity index is 375. The lowest BCUT2D eigenvalue weighted by Gasteiger charge is -2.31. The summed E-state index contributed by atoms with van der Waals surface area (Å²) in [4.78, 5) is 12.8. The molecule has 1 N–H and O–H groups in total. The first-order chi connectivity index (χ1) is 7.81. The first-order valence-electron chi connectivity index (χ1n) is 5.49. The van der Waals surface area contributed by atoms with E-state index in [-0.39, 0.29) is 12.2 Å². The Labute approximate surface area is 94.3 Å². The van der Waals surface area contributed by atoms with Crippen LogP contribution < -0.4 is 10.2 Å². The van der Waals surface area contributed by atoms with Crippen molar-refractivity contribution in [3.8, 4) is 0 Å². The molecule has 4 heteroatoms. The van der Waals surface area contributed by atoms with Crippen LogP contribution in [0.4, 0.5) is 10.1 Å². The predicted molar refractivity (Wildman–Crippen MR) is 61.3 cm³/mol. The number of anilines is 1. The van der Waals surface area contributed by atoms with Gasteiger partial charge in [0.2, 0.25) is 0 Å². The third-order valence-corrected chi connectivity index (χ3v) is 2.80. The normalized spacial score (nSPS) is 16.2. The van der Waals surface area contributed by atoms with Crippen molar-refractivity contribution in [1.29, 1.82) is 0 Å². The number of carbonyl (C=O) groups excluding carboxylic acids is 1. The maximum Gasteiger partial charge on any atom is 0.124 e. The summed E-state index contributed by atoms with van der Waals surface area (Å²) in [6, 6.07) is 4.66. The zero-order valence-corrected chi connectivity index (χ0v) is 9.08. The minimum atomic E-state index is -0.282. The molecule has 3 nitrogen and oxygen atoms in total. The van der Waals surface area contributed by atoms with Crippen LogP contribution in [0.1, 0.15) is 5.56 Å². The molecule has 0 atom stereocenters. The van der Waals surface area contributed by atoms with Crippen molar-refractivity contribution in [1.82, 2.24) is 5.32 Å². The molecule has 0 aliphatic carbocycles. The van der Waals surface area contributed by atoms with Crippen LogP contribution in [0.3, 0.4) is 0 Å². The minimum Gasteiger partial charge on any atom is -0.369 e. The topological polar surface area (TPSA) is 32.3 Å². The molecule has 0 unspecified atom stereocenters. The van der Waals surface area contributed by atoms with Crippen LogP contribution in [0.2, 0.25) is 0 Å². The molecule has 16 heavy (non-hydrogen) atoms. The smallest absolute Gasteiger partial charge is 0.124 e. The van der Waals surface area contributed by atoms with Crippen LogP contribution in [-0.2, 0) is 11.2 Å². The summed E-state index contributed by atoms with van der Waals surface area (Å²) in [5, 5.41) is 3.26. The van der Waals surface area contributed by atoms with E-state index in [1.54, 1.807) is 6.07 Å². The average Bonchev–Trinajstić information content (AvgIpc) is 2.31. The van der Waals surface area contributed by atoms with Crippen molar-refractivity contribution < 1.29 is 9.18 Å². The molecule has 1 fully saturated rings. The lowest BCUT2D eigenvalue weighted by atomic mass is 10.1. The number of nitrogens with zero attached hydrogens (tertiary/aromatic N) is 1. The monoisotopic (exact) mass is 222 g/mol. The lowest BCUT2D eigenvalue weighted by Crippen LogP contribution is -2.43. The molecule has 0 saturated carbocycles. The number of rotatable bonds is 3. The molecule has 1 aliphatic heterocycles. The minimum absolute atomic E-state index is 0.275. The summed E-state index contributed by atoms with van der Waals surface area (Å²) in [6.07, 6.45) is 1.09. The van der Waals surface area contributed by atoms with Gasteiger partial charge in [0.25, 0.3) is 0 Å². The highest BCUT2D eigenvalue weighted by Gasteiger charge is 2.14. The summed E-state index contributed by atoms with van der Waals surface area (Å²) in [5.74, 6) is -0.282. The van der Waals surface area contributed by atoms with Crippen molar-refractivity contribution >= 4 is 12.0 Å². The molecule has 0 amide bonds. The second-order valence-electron chi connectivity index (χ2n) is 3.88. The zero-order valence-electron chi connectivity index (χ0n) is 9.08. The summed E-state index contributed by atoms with van der Waals surface area (Å²) in [5.41, 5.74) is 1.76. The van der Waals surface area contributed by atoms with Gasteiger partial charge in [0, 0.05) is 38.3 Å². The summed E-state index contributed by atoms with van der Waals surface area (Å²) >= 11 is 0. The van der Waals surface area contributed by atoms with Crippen LogP contribution >= 0.6 is 0 Å². The molecule has 0 radical (unpaired) electrons. The number of piperazine rings is 1. The second-order valence-corrected chi connectivity index (χ2v) is 3.88. The van der Waals surface area contributed by atoms with Gasteiger partial charge in [0.15, 0.2) is 0 Å². The van der Waals surface area contributed by atoms with E-state index in [4.69, 9.17) is 0 Å². The molecule has 1 saturated heterocycles. The third kappa shape index (κ3) is 2.39. The summed E-state index contributed by atoms with van der Waals surface area (Å²) in [6.45, 7) is 3.66.